The molecular formula is C19H39N5. The summed E-state index contributed by atoms with van der Waals surface area (Å²) in [6, 6.07) is 1.49. The van der Waals surface area contributed by atoms with Crippen molar-refractivity contribution in [3.8, 4) is 0 Å². The third kappa shape index (κ3) is 6.25. The molecule has 0 aromatic heterocycles. The molecule has 2 aliphatic rings. The standard InChI is InChI=1S/C19H39N5/c1-4-24-15-8-12-18(24)16-22-19(20-2)21-13-9-14-23(3)17-10-6-5-7-11-17/h17-18H,4-16H2,1-3H3,(H2,20,21,22). The van der Waals surface area contributed by atoms with Gasteiger partial charge in [-0.05, 0) is 58.8 Å². The second-order valence-electron chi connectivity index (χ2n) is 7.43. The van der Waals surface area contributed by atoms with E-state index in [9.17, 15) is 0 Å². The molecule has 1 saturated heterocycles. The Balaban J connectivity index is 1.57. The van der Waals surface area contributed by atoms with Crippen LogP contribution in [0.25, 0.3) is 0 Å². The number of likely N-dealkylation sites (tertiary alicyclic amines) is 1. The van der Waals surface area contributed by atoms with E-state index in [1.807, 2.05) is 7.05 Å². The lowest BCUT2D eigenvalue weighted by Gasteiger charge is -2.31. The third-order valence-corrected chi connectivity index (χ3v) is 5.81. The summed E-state index contributed by atoms with van der Waals surface area (Å²) in [5.41, 5.74) is 0. The molecule has 0 aromatic carbocycles. The molecule has 0 aromatic rings. The zero-order valence-electron chi connectivity index (χ0n) is 16.2. The van der Waals surface area contributed by atoms with Crippen molar-refractivity contribution in [3.05, 3.63) is 0 Å². The van der Waals surface area contributed by atoms with Gasteiger partial charge in [-0.3, -0.25) is 9.89 Å². The Hall–Kier alpha value is -0.810. The first kappa shape index (κ1) is 19.5. The van der Waals surface area contributed by atoms with Gasteiger partial charge in [-0.15, -0.1) is 0 Å². The molecule has 2 fully saturated rings. The minimum absolute atomic E-state index is 0.672. The summed E-state index contributed by atoms with van der Waals surface area (Å²) in [6.07, 6.45) is 10.9. The second-order valence-corrected chi connectivity index (χ2v) is 7.43. The van der Waals surface area contributed by atoms with Crippen LogP contribution in [0.2, 0.25) is 0 Å². The number of nitrogens with one attached hydrogen (secondary N) is 2. The molecule has 24 heavy (non-hydrogen) atoms. The van der Waals surface area contributed by atoms with Gasteiger partial charge in [-0.2, -0.15) is 0 Å². The largest absolute Gasteiger partial charge is 0.356 e. The van der Waals surface area contributed by atoms with E-state index in [1.54, 1.807) is 0 Å². The molecule has 0 amide bonds. The molecule has 1 aliphatic carbocycles. The highest BCUT2D eigenvalue weighted by Gasteiger charge is 2.22. The minimum Gasteiger partial charge on any atom is -0.356 e. The van der Waals surface area contributed by atoms with Gasteiger partial charge >= 0.3 is 0 Å². The van der Waals surface area contributed by atoms with E-state index in [0.29, 0.717) is 6.04 Å². The first-order valence-electron chi connectivity index (χ1n) is 10.1. The van der Waals surface area contributed by atoms with Crippen molar-refractivity contribution in [2.75, 3.05) is 46.8 Å². The quantitative estimate of drug-likeness (QED) is 0.405. The van der Waals surface area contributed by atoms with Crippen molar-refractivity contribution in [1.82, 2.24) is 20.4 Å². The molecule has 2 rings (SSSR count). The Kier molecular flexibility index (Phi) is 8.89. The lowest BCUT2D eigenvalue weighted by Crippen LogP contribution is -2.45. The Morgan fingerprint density at radius 3 is 2.62 bits per heavy atom. The van der Waals surface area contributed by atoms with Gasteiger partial charge in [0.2, 0.25) is 0 Å². The highest BCUT2D eigenvalue weighted by atomic mass is 15.2. The minimum atomic E-state index is 0.672. The van der Waals surface area contributed by atoms with Crippen molar-refractivity contribution in [1.29, 1.82) is 0 Å². The van der Waals surface area contributed by atoms with E-state index in [-0.39, 0.29) is 0 Å². The zero-order valence-corrected chi connectivity index (χ0v) is 16.2. The highest BCUT2D eigenvalue weighted by Crippen LogP contribution is 2.21. The number of nitrogens with zero attached hydrogens (tertiary/aromatic N) is 3. The normalized spacial score (nSPS) is 23.8. The Morgan fingerprint density at radius 1 is 1.12 bits per heavy atom. The van der Waals surface area contributed by atoms with Crippen LogP contribution in [0.15, 0.2) is 4.99 Å². The number of rotatable bonds is 8. The van der Waals surface area contributed by atoms with Crippen LogP contribution in [0.1, 0.15) is 58.3 Å². The second kappa shape index (κ2) is 10.9. The maximum absolute atomic E-state index is 4.37. The number of likely N-dealkylation sites (N-methyl/N-ethyl adjacent to an activating group) is 1. The molecule has 5 heteroatoms. The summed E-state index contributed by atoms with van der Waals surface area (Å²) >= 11 is 0. The van der Waals surface area contributed by atoms with Crippen LogP contribution in [-0.2, 0) is 0 Å². The average molecular weight is 338 g/mol. The van der Waals surface area contributed by atoms with Crippen LogP contribution in [0.5, 0.6) is 0 Å². The lowest BCUT2D eigenvalue weighted by molar-refractivity contribution is 0.190. The van der Waals surface area contributed by atoms with Gasteiger partial charge in [-0.25, -0.2) is 0 Å². The number of hydrogen-bond acceptors (Lipinski definition) is 3. The molecule has 1 aliphatic heterocycles. The van der Waals surface area contributed by atoms with E-state index in [0.717, 1.165) is 31.6 Å². The summed E-state index contributed by atoms with van der Waals surface area (Å²) in [4.78, 5) is 9.50. The molecule has 1 saturated carbocycles. The van der Waals surface area contributed by atoms with Gasteiger partial charge in [0.05, 0.1) is 0 Å². The van der Waals surface area contributed by atoms with Gasteiger partial charge in [0.15, 0.2) is 5.96 Å². The van der Waals surface area contributed by atoms with Crippen molar-refractivity contribution < 1.29 is 0 Å². The molecule has 1 atom stereocenters. The summed E-state index contributed by atoms with van der Waals surface area (Å²) in [5, 5.41) is 6.99. The van der Waals surface area contributed by atoms with Gasteiger partial charge in [-0.1, -0.05) is 26.2 Å². The van der Waals surface area contributed by atoms with Crippen molar-refractivity contribution >= 4 is 5.96 Å². The first-order chi connectivity index (χ1) is 11.7. The van der Waals surface area contributed by atoms with Crippen LogP contribution in [0.4, 0.5) is 0 Å². The van der Waals surface area contributed by atoms with Crippen LogP contribution >= 0.6 is 0 Å². The van der Waals surface area contributed by atoms with Gasteiger partial charge in [0.25, 0.3) is 0 Å². The summed E-state index contributed by atoms with van der Waals surface area (Å²) in [5.74, 6) is 0.957. The fourth-order valence-corrected chi connectivity index (χ4v) is 4.22. The highest BCUT2D eigenvalue weighted by molar-refractivity contribution is 5.79. The topological polar surface area (TPSA) is 42.9 Å². The van der Waals surface area contributed by atoms with E-state index in [4.69, 9.17) is 0 Å². The number of aliphatic imine (C=N–C) groups is 1. The summed E-state index contributed by atoms with van der Waals surface area (Å²) in [7, 11) is 4.16. The molecule has 1 unspecified atom stereocenters. The molecule has 2 N–H and O–H groups in total. The van der Waals surface area contributed by atoms with Gasteiger partial charge in [0, 0.05) is 32.2 Å². The molecule has 0 bridgehead atoms. The lowest BCUT2D eigenvalue weighted by atomic mass is 9.94. The van der Waals surface area contributed by atoms with Crippen molar-refractivity contribution in [2.24, 2.45) is 4.99 Å². The zero-order chi connectivity index (χ0) is 17.2. The Bertz CT molecular complexity index is 365. The SMILES string of the molecule is CCN1CCCC1CNC(=NC)NCCCN(C)C1CCCCC1. The molecule has 0 radical (unpaired) electrons. The van der Waals surface area contributed by atoms with Crippen LogP contribution in [0.3, 0.4) is 0 Å². The third-order valence-electron chi connectivity index (χ3n) is 5.81. The number of hydrogen-bond donors (Lipinski definition) is 2. The van der Waals surface area contributed by atoms with Crippen molar-refractivity contribution in [3.63, 3.8) is 0 Å². The maximum Gasteiger partial charge on any atom is 0.191 e. The molecule has 1 heterocycles. The molecular weight excluding hydrogens is 298 g/mol. The fraction of sp³-hybridized carbons (Fsp3) is 0.947. The van der Waals surface area contributed by atoms with E-state index < -0.39 is 0 Å². The van der Waals surface area contributed by atoms with Gasteiger partial charge < -0.3 is 15.5 Å². The van der Waals surface area contributed by atoms with E-state index >= 15 is 0 Å². The van der Waals surface area contributed by atoms with Gasteiger partial charge in [0.1, 0.15) is 0 Å². The fourth-order valence-electron chi connectivity index (χ4n) is 4.22. The molecule has 140 valence electrons. The summed E-state index contributed by atoms with van der Waals surface area (Å²) < 4.78 is 0. The first-order valence-corrected chi connectivity index (χ1v) is 10.1. The monoisotopic (exact) mass is 337 g/mol. The number of guanidine groups is 1. The van der Waals surface area contributed by atoms with Crippen LogP contribution < -0.4 is 10.6 Å². The predicted octanol–water partition coefficient (Wildman–Crippen LogP) is 2.29. The predicted molar refractivity (Wildman–Crippen MR) is 104 cm³/mol. The molecule has 5 nitrogen and oxygen atoms in total. The smallest absolute Gasteiger partial charge is 0.191 e. The van der Waals surface area contributed by atoms with E-state index in [2.05, 4.69) is 39.4 Å². The van der Waals surface area contributed by atoms with Crippen molar-refractivity contribution in [2.45, 2.75) is 70.4 Å². The van der Waals surface area contributed by atoms with Crippen LogP contribution in [0, 0.1) is 0 Å². The maximum atomic E-state index is 4.37. The van der Waals surface area contributed by atoms with E-state index in [1.165, 1.54) is 64.5 Å². The molecule has 0 spiro atoms. The van der Waals surface area contributed by atoms with Crippen LogP contribution in [-0.4, -0.2) is 74.7 Å². The average Bonchev–Trinajstić information content (AvgIpc) is 3.09. The summed E-state index contributed by atoms with van der Waals surface area (Å²) in [6.45, 7) is 7.86. The Labute approximate surface area is 149 Å². The Morgan fingerprint density at radius 2 is 1.92 bits per heavy atom.